The van der Waals surface area contributed by atoms with Crippen LogP contribution in [-0.2, 0) is 26.3 Å². The number of nitrogens with one attached hydrogen (secondary N) is 3. The smallest absolute Gasteiger partial charge is 0.258 e. The number of rotatable bonds is 10. The van der Waals surface area contributed by atoms with Crippen LogP contribution in [0.2, 0.25) is 0 Å². The summed E-state index contributed by atoms with van der Waals surface area (Å²) in [6.45, 7) is -0.337. The van der Waals surface area contributed by atoms with Crippen molar-refractivity contribution in [2.75, 3.05) is 19.0 Å². The number of benzene rings is 3. The van der Waals surface area contributed by atoms with Crippen molar-refractivity contribution in [2.24, 2.45) is 0 Å². The summed E-state index contributed by atoms with van der Waals surface area (Å²) in [6, 6.07) is 21.3. The highest BCUT2D eigenvalue weighted by Gasteiger charge is 2.16. The van der Waals surface area contributed by atoms with E-state index in [1.54, 1.807) is 24.3 Å². The molecule has 0 aliphatic rings. The molecular weight excluding hydrogens is 446 g/mol. The van der Waals surface area contributed by atoms with E-state index in [4.69, 9.17) is 9.57 Å². The van der Waals surface area contributed by atoms with Crippen molar-refractivity contribution in [1.29, 1.82) is 0 Å². The van der Waals surface area contributed by atoms with E-state index in [0.29, 0.717) is 17.0 Å². The fraction of sp³-hybridized carbons (Fsp3) is 0.130. The molecule has 0 aromatic heterocycles. The van der Waals surface area contributed by atoms with Gasteiger partial charge in [0.05, 0.1) is 25.2 Å². The Balaban J connectivity index is 1.49. The topological polar surface area (TPSA) is 123 Å². The minimum Gasteiger partial charge on any atom is -0.497 e. The maximum Gasteiger partial charge on any atom is 0.258 e. The monoisotopic (exact) mass is 469 g/mol. The Labute approximate surface area is 191 Å². The Hall–Kier alpha value is -3.73. The molecule has 0 saturated carbocycles. The fourth-order valence-electron chi connectivity index (χ4n) is 2.72. The Bertz CT molecular complexity index is 1180. The largest absolute Gasteiger partial charge is 0.497 e. The van der Waals surface area contributed by atoms with Gasteiger partial charge in [0.15, 0.2) is 0 Å². The van der Waals surface area contributed by atoms with E-state index in [1.165, 1.54) is 31.4 Å². The molecule has 3 aromatic carbocycles. The van der Waals surface area contributed by atoms with Crippen LogP contribution >= 0.6 is 0 Å². The fourth-order valence-corrected chi connectivity index (χ4v) is 3.70. The first kappa shape index (κ1) is 23.9. The van der Waals surface area contributed by atoms with Gasteiger partial charge in [0.1, 0.15) is 5.75 Å². The van der Waals surface area contributed by atoms with Crippen LogP contribution in [0.5, 0.6) is 5.75 Å². The number of hydrogen-bond donors (Lipinski definition) is 3. The lowest BCUT2D eigenvalue weighted by Crippen LogP contribution is -2.36. The molecule has 0 aliphatic carbocycles. The summed E-state index contributed by atoms with van der Waals surface area (Å²) in [6.07, 6.45) is 0. The number of carbonyl (C=O) groups excluding carboxylic acids is 2. The van der Waals surface area contributed by atoms with Crippen LogP contribution in [-0.4, -0.2) is 33.9 Å². The minimum atomic E-state index is -3.93. The van der Waals surface area contributed by atoms with Crippen LogP contribution in [0.4, 0.5) is 5.69 Å². The SMILES string of the molecule is COc1ccc(C(=O)Nc2ccc(S(=O)(=O)NCC(=O)NOCc3ccccc3)cc2)cc1. The molecule has 3 aromatic rings. The summed E-state index contributed by atoms with van der Waals surface area (Å²) in [5.74, 6) is -0.360. The van der Waals surface area contributed by atoms with E-state index < -0.39 is 22.5 Å². The zero-order valence-corrected chi connectivity index (χ0v) is 18.6. The third-order valence-electron chi connectivity index (χ3n) is 4.47. The molecule has 9 nitrogen and oxygen atoms in total. The van der Waals surface area contributed by atoms with Gasteiger partial charge in [-0.1, -0.05) is 30.3 Å². The second kappa shape index (κ2) is 11.2. The average molecular weight is 470 g/mol. The molecule has 0 unspecified atom stereocenters. The molecular formula is C23H23N3O6S. The minimum absolute atomic E-state index is 0.0528. The van der Waals surface area contributed by atoms with Gasteiger partial charge in [-0.3, -0.25) is 14.4 Å². The van der Waals surface area contributed by atoms with Crippen LogP contribution in [0.1, 0.15) is 15.9 Å². The zero-order chi connectivity index (χ0) is 23.7. The first-order valence-electron chi connectivity index (χ1n) is 9.87. The standard InChI is InChI=1S/C23H23N3O6S/c1-31-20-11-7-18(8-12-20)23(28)25-19-9-13-21(14-10-19)33(29,30)24-15-22(27)26-32-16-17-5-3-2-4-6-17/h2-14,24H,15-16H2,1H3,(H,25,28)(H,26,27). The number of ether oxygens (including phenoxy) is 1. The summed E-state index contributed by atoms with van der Waals surface area (Å²) < 4.78 is 32.1. The van der Waals surface area contributed by atoms with Crippen LogP contribution < -0.4 is 20.3 Å². The number of hydrogen-bond acceptors (Lipinski definition) is 6. The lowest BCUT2D eigenvalue weighted by molar-refractivity contribution is -0.133. The zero-order valence-electron chi connectivity index (χ0n) is 17.8. The summed E-state index contributed by atoms with van der Waals surface area (Å²) in [5, 5.41) is 2.69. The molecule has 33 heavy (non-hydrogen) atoms. The molecule has 0 spiro atoms. The molecule has 0 radical (unpaired) electrons. The molecule has 0 aliphatic heterocycles. The molecule has 0 bridgehead atoms. The molecule has 2 amide bonds. The number of carbonyl (C=O) groups is 2. The first-order valence-corrected chi connectivity index (χ1v) is 11.4. The average Bonchev–Trinajstić information content (AvgIpc) is 2.84. The van der Waals surface area contributed by atoms with E-state index >= 15 is 0 Å². The summed E-state index contributed by atoms with van der Waals surface area (Å²) in [4.78, 5) is 29.2. The molecule has 0 fully saturated rings. The summed E-state index contributed by atoms with van der Waals surface area (Å²) >= 11 is 0. The highest BCUT2D eigenvalue weighted by Crippen LogP contribution is 2.16. The van der Waals surface area contributed by atoms with Crippen molar-refractivity contribution in [3.05, 3.63) is 90.0 Å². The van der Waals surface area contributed by atoms with E-state index in [-0.39, 0.29) is 17.4 Å². The Morgan fingerprint density at radius 3 is 2.18 bits per heavy atom. The van der Waals surface area contributed by atoms with E-state index in [1.807, 2.05) is 30.3 Å². The van der Waals surface area contributed by atoms with Crippen LogP contribution in [0, 0.1) is 0 Å². The second-order valence-electron chi connectivity index (χ2n) is 6.83. The van der Waals surface area contributed by atoms with Crippen LogP contribution in [0.15, 0.2) is 83.8 Å². The Morgan fingerprint density at radius 2 is 1.55 bits per heavy atom. The van der Waals surface area contributed by atoms with Gasteiger partial charge in [-0.05, 0) is 54.1 Å². The van der Waals surface area contributed by atoms with Crippen molar-refractivity contribution in [3.63, 3.8) is 0 Å². The van der Waals surface area contributed by atoms with Crippen molar-refractivity contribution in [2.45, 2.75) is 11.5 Å². The van der Waals surface area contributed by atoms with Gasteiger partial charge in [0.2, 0.25) is 10.0 Å². The van der Waals surface area contributed by atoms with Crippen molar-refractivity contribution < 1.29 is 27.6 Å². The van der Waals surface area contributed by atoms with Crippen molar-refractivity contribution in [3.8, 4) is 5.75 Å². The van der Waals surface area contributed by atoms with Crippen molar-refractivity contribution in [1.82, 2.24) is 10.2 Å². The summed E-state index contributed by atoms with van der Waals surface area (Å²) in [7, 11) is -2.40. The molecule has 3 rings (SSSR count). The first-order chi connectivity index (χ1) is 15.9. The quantitative estimate of drug-likeness (QED) is 0.392. The van der Waals surface area contributed by atoms with Gasteiger partial charge >= 0.3 is 0 Å². The highest BCUT2D eigenvalue weighted by molar-refractivity contribution is 7.89. The lowest BCUT2D eigenvalue weighted by atomic mass is 10.2. The van der Waals surface area contributed by atoms with Gasteiger partial charge in [-0.15, -0.1) is 0 Å². The van der Waals surface area contributed by atoms with E-state index in [2.05, 4.69) is 15.5 Å². The van der Waals surface area contributed by atoms with Crippen LogP contribution in [0.3, 0.4) is 0 Å². The van der Waals surface area contributed by atoms with Crippen molar-refractivity contribution >= 4 is 27.5 Å². The number of hydroxylamine groups is 1. The predicted molar refractivity (Wildman–Crippen MR) is 122 cm³/mol. The molecule has 0 saturated heterocycles. The third kappa shape index (κ3) is 7.14. The Kier molecular flexibility index (Phi) is 8.14. The van der Waals surface area contributed by atoms with Gasteiger partial charge < -0.3 is 10.1 Å². The van der Waals surface area contributed by atoms with Crippen LogP contribution in [0.25, 0.3) is 0 Å². The molecule has 0 heterocycles. The highest BCUT2D eigenvalue weighted by atomic mass is 32.2. The lowest BCUT2D eigenvalue weighted by Gasteiger charge is -2.10. The second-order valence-corrected chi connectivity index (χ2v) is 8.60. The normalized spacial score (nSPS) is 10.9. The molecule has 10 heteroatoms. The number of amides is 2. The van der Waals surface area contributed by atoms with Gasteiger partial charge in [0, 0.05) is 11.3 Å². The van der Waals surface area contributed by atoms with E-state index in [9.17, 15) is 18.0 Å². The maximum atomic E-state index is 12.4. The maximum absolute atomic E-state index is 12.4. The van der Waals surface area contributed by atoms with Gasteiger partial charge in [-0.25, -0.2) is 18.6 Å². The molecule has 0 atom stereocenters. The molecule has 3 N–H and O–H groups in total. The summed E-state index contributed by atoms with van der Waals surface area (Å²) in [5.41, 5.74) is 3.89. The predicted octanol–water partition coefficient (Wildman–Crippen LogP) is 2.47. The third-order valence-corrected chi connectivity index (χ3v) is 5.88. The Morgan fingerprint density at radius 1 is 0.879 bits per heavy atom. The number of sulfonamides is 1. The van der Waals surface area contributed by atoms with Gasteiger partial charge in [0.25, 0.3) is 11.8 Å². The number of anilines is 1. The van der Waals surface area contributed by atoms with Gasteiger partial charge in [-0.2, -0.15) is 0 Å². The van der Waals surface area contributed by atoms with E-state index in [0.717, 1.165) is 5.56 Å². The molecule has 172 valence electrons. The number of methoxy groups -OCH3 is 1.